The standard InChI is InChI=1S/C9H18N4O/c1-4-13-7(2)11-12-9(13)5-8(6-10)14-3/h8H,4-6,10H2,1-3H3. The van der Waals surface area contributed by atoms with Gasteiger partial charge in [0, 0.05) is 26.6 Å². The minimum absolute atomic E-state index is 0.0314. The molecular formula is C9H18N4O. The van der Waals surface area contributed by atoms with E-state index in [4.69, 9.17) is 10.5 Å². The number of ether oxygens (including phenoxy) is 1. The van der Waals surface area contributed by atoms with Crippen LogP contribution in [0, 0.1) is 6.92 Å². The van der Waals surface area contributed by atoms with Crippen molar-refractivity contribution in [1.82, 2.24) is 14.8 Å². The molecule has 5 nitrogen and oxygen atoms in total. The Balaban J connectivity index is 2.74. The molecule has 0 aromatic carbocycles. The van der Waals surface area contributed by atoms with Crippen LogP contribution in [0.5, 0.6) is 0 Å². The number of nitrogens with zero attached hydrogens (tertiary/aromatic N) is 3. The van der Waals surface area contributed by atoms with Gasteiger partial charge in [-0.15, -0.1) is 10.2 Å². The first-order chi connectivity index (χ1) is 6.72. The van der Waals surface area contributed by atoms with Gasteiger partial charge in [0.2, 0.25) is 0 Å². The fourth-order valence-electron chi connectivity index (χ4n) is 1.45. The summed E-state index contributed by atoms with van der Waals surface area (Å²) in [6.07, 6.45) is 0.755. The molecule has 1 atom stereocenters. The molecule has 0 radical (unpaired) electrons. The number of aromatic nitrogens is 3. The van der Waals surface area contributed by atoms with Crippen molar-refractivity contribution < 1.29 is 4.74 Å². The van der Waals surface area contributed by atoms with Gasteiger partial charge in [-0.1, -0.05) is 0 Å². The Morgan fingerprint density at radius 2 is 2.21 bits per heavy atom. The van der Waals surface area contributed by atoms with E-state index in [0.717, 1.165) is 24.6 Å². The number of rotatable bonds is 5. The highest BCUT2D eigenvalue weighted by atomic mass is 16.5. The van der Waals surface area contributed by atoms with Gasteiger partial charge in [-0.2, -0.15) is 0 Å². The molecular weight excluding hydrogens is 180 g/mol. The van der Waals surface area contributed by atoms with Crippen LogP contribution in [-0.4, -0.2) is 34.5 Å². The minimum atomic E-state index is 0.0314. The highest BCUT2D eigenvalue weighted by Gasteiger charge is 2.12. The number of nitrogens with two attached hydrogens (primary N) is 1. The number of aryl methyl sites for hydroxylation is 1. The van der Waals surface area contributed by atoms with E-state index < -0.39 is 0 Å². The Hall–Kier alpha value is -0.940. The molecule has 1 unspecified atom stereocenters. The van der Waals surface area contributed by atoms with Crippen molar-refractivity contribution in [3.8, 4) is 0 Å². The maximum absolute atomic E-state index is 5.55. The molecule has 5 heteroatoms. The second kappa shape index (κ2) is 5.07. The highest BCUT2D eigenvalue weighted by molar-refractivity contribution is 4.95. The van der Waals surface area contributed by atoms with Crippen LogP contribution < -0.4 is 5.73 Å². The van der Waals surface area contributed by atoms with Gasteiger partial charge in [0.25, 0.3) is 0 Å². The molecule has 0 fully saturated rings. The van der Waals surface area contributed by atoms with Crippen LogP contribution in [0.2, 0.25) is 0 Å². The Labute approximate surface area is 84.3 Å². The number of hydrogen-bond donors (Lipinski definition) is 1. The molecule has 0 saturated heterocycles. The Morgan fingerprint density at radius 3 is 2.71 bits per heavy atom. The van der Waals surface area contributed by atoms with Crippen molar-refractivity contribution in [2.75, 3.05) is 13.7 Å². The van der Waals surface area contributed by atoms with Gasteiger partial charge in [-0.05, 0) is 13.8 Å². The minimum Gasteiger partial charge on any atom is -0.380 e. The molecule has 2 N–H and O–H groups in total. The highest BCUT2D eigenvalue weighted by Crippen LogP contribution is 2.05. The summed E-state index contributed by atoms with van der Waals surface area (Å²) in [5.74, 6) is 1.89. The van der Waals surface area contributed by atoms with Gasteiger partial charge in [0.1, 0.15) is 11.6 Å². The van der Waals surface area contributed by atoms with Crippen molar-refractivity contribution >= 4 is 0 Å². The van der Waals surface area contributed by atoms with Crippen LogP contribution in [0.1, 0.15) is 18.6 Å². The Kier molecular flexibility index (Phi) is 4.03. The summed E-state index contributed by atoms with van der Waals surface area (Å²) < 4.78 is 7.28. The van der Waals surface area contributed by atoms with Crippen molar-refractivity contribution in [3.05, 3.63) is 11.6 Å². The molecule has 0 aliphatic rings. The third kappa shape index (κ3) is 2.30. The normalized spacial score (nSPS) is 13.1. The van der Waals surface area contributed by atoms with E-state index in [1.807, 2.05) is 6.92 Å². The van der Waals surface area contributed by atoms with Crippen LogP contribution in [0.4, 0.5) is 0 Å². The Morgan fingerprint density at radius 1 is 1.50 bits per heavy atom. The van der Waals surface area contributed by atoms with Crippen LogP contribution in [0.3, 0.4) is 0 Å². The average molecular weight is 198 g/mol. The van der Waals surface area contributed by atoms with Crippen molar-refractivity contribution in [2.45, 2.75) is 32.9 Å². The fourth-order valence-corrected chi connectivity index (χ4v) is 1.45. The molecule has 0 spiro atoms. The SMILES string of the molecule is CCn1c(C)nnc1CC(CN)OC. The van der Waals surface area contributed by atoms with Gasteiger partial charge < -0.3 is 15.0 Å². The summed E-state index contributed by atoms with van der Waals surface area (Å²) in [6, 6.07) is 0. The van der Waals surface area contributed by atoms with Crippen molar-refractivity contribution in [1.29, 1.82) is 0 Å². The maximum Gasteiger partial charge on any atom is 0.135 e. The Bertz CT molecular complexity index is 280. The molecule has 80 valence electrons. The zero-order chi connectivity index (χ0) is 10.6. The molecule has 0 aliphatic carbocycles. The van der Waals surface area contributed by atoms with Crippen LogP contribution in [0.25, 0.3) is 0 Å². The fraction of sp³-hybridized carbons (Fsp3) is 0.778. The largest absolute Gasteiger partial charge is 0.380 e. The molecule has 1 aromatic rings. The predicted octanol–water partition coefficient (Wildman–Crippen LogP) is 0.123. The van der Waals surface area contributed by atoms with E-state index in [-0.39, 0.29) is 6.10 Å². The zero-order valence-electron chi connectivity index (χ0n) is 9.03. The predicted molar refractivity (Wildman–Crippen MR) is 54.0 cm³/mol. The first kappa shape index (κ1) is 11.1. The second-order valence-corrected chi connectivity index (χ2v) is 3.21. The summed E-state index contributed by atoms with van der Waals surface area (Å²) in [5.41, 5.74) is 5.55. The van der Waals surface area contributed by atoms with Crippen LogP contribution >= 0.6 is 0 Å². The van der Waals surface area contributed by atoms with Crippen molar-refractivity contribution in [3.63, 3.8) is 0 Å². The van der Waals surface area contributed by atoms with Gasteiger partial charge >= 0.3 is 0 Å². The van der Waals surface area contributed by atoms with E-state index >= 15 is 0 Å². The summed E-state index contributed by atoms with van der Waals surface area (Å²) in [6.45, 7) is 5.41. The maximum atomic E-state index is 5.55. The summed E-state index contributed by atoms with van der Waals surface area (Å²) >= 11 is 0. The lowest BCUT2D eigenvalue weighted by molar-refractivity contribution is 0.107. The number of hydrogen-bond acceptors (Lipinski definition) is 4. The number of methoxy groups -OCH3 is 1. The van der Waals surface area contributed by atoms with Gasteiger partial charge in [-0.3, -0.25) is 0 Å². The van der Waals surface area contributed by atoms with E-state index in [2.05, 4.69) is 21.7 Å². The zero-order valence-corrected chi connectivity index (χ0v) is 9.03. The van der Waals surface area contributed by atoms with E-state index in [1.54, 1.807) is 7.11 Å². The molecule has 0 aliphatic heterocycles. The smallest absolute Gasteiger partial charge is 0.135 e. The second-order valence-electron chi connectivity index (χ2n) is 3.21. The molecule has 1 rings (SSSR count). The monoisotopic (exact) mass is 198 g/mol. The molecule has 14 heavy (non-hydrogen) atoms. The molecule has 1 aromatic heterocycles. The third-order valence-corrected chi connectivity index (χ3v) is 2.34. The van der Waals surface area contributed by atoms with E-state index in [1.165, 1.54) is 0 Å². The first-order valence-electron chi connectivity index (χ1n) is 4.84. The summed E-state index contributed by atoms with van der Waals surface area (Å²) in [7, 11) is 1.66. The lowest BCUT2D eigenvalue weighted by Gasteiger charge is -2.12. The lowest BCUT2D eigenvalue weighted by atomic mass is 10.2. The van der Waals surface area contributed by atoms with E-state index in [9.17, 15) is 0 Å². The third-order valence-electron chi connectivity index (χ3n) is 2.34. The molecule has 1 heterocycles. The van der Waals surface area contributed by atoms with Gasteiger partial charge in [0.15, 0.2) is 0 Å². The topological polar surface area (TPSA) is 66.0 Å². The van der Waals surface area contributed by atoms with E-state index in [0.29, 0.717) is 6.54 Å². The van der Waals surface area contributed by atoms with Crippen LogP contribution in [0.15, 0.2) is 0 Å². The molecule has 0 saturated carbocycles. The molecule has 0 amide bonds. The first-order valence-corrected chi connectivity index (χ1v) is 4.84. The lowest BCUT2D eigenvalue weighted by Crippen LogP contribution is -2.26. The van der Waals surface area contributed by atoms with Gasteiger partial charge in [0.05, 0.1) is 6.10 Å². The average Bonchev–Trinajstić information content (AvgIpc) is 2.55. The molecule has 0 bridgehead atoms. The van der Waals surface area contributed by atoms with Gasteiger partial charge in [-0.25, -0.2) is 0 Å². The quantitative estimate of drug-likeness (QED) is 0.730. The van der Waals surface area contributed by atoms with Crippen LogP contribution in [-0.2, 0) is 17.7 Å². The summed E-state index contributed by atoms with van der Waals surface area (Å²) in [5, 5.41) is 8.13. The summed E-state index contributed by atoms with van der Waals surface area (Å²) in [4.78, 5) is 0. The van der Waals surface area contributed by atoms with Crippen molar-refractivity contribution in [2.24, 2.45) is 5.73 Å².